The molecule has 2 nitrogen and oxygen atoms in total. The lowest BCUT2D eigenvalue weighted by Crippen LogP contribution is -2.32. The average Bonchev–Trinajstić information content (AvgIpc) is 2.02. The van der Waals surface area contributed by atoms with Gasteiger partial charge in [-0.1, -0.05) is 27.7 Å². The number of ether oxygens (including phenoxy) is 1. The van der Waals surface area contributed by atoms with Crippen LogP contribution in [0.3, 0.4) is 0 Å². The van der Waals surface area contributed by atoms with Crippen LogP contribution in [-0.2, 0) is 4.74 Å². The second-order valence-electron chi connectivity index (χ2n) is 4.45. The molecule has 0 saturated carbocycles. The lowest BCUT2D eigenvalue weighted by molar-refractivity contribution is 0.0688. The van der Waals surface area contributed by atoms with E-state index in [4.69, 9.17) is 4.74 Å². The van der Waals surface area contributed by atoms with Crippen molar-refractivity contribution in [1.29, 1.82) is 5.26 Å². The van der Waals surface area contributed by atoms with Gasteiger partial charge in [0.2, 0.25) is 0 Å². The summed E-state index contributed by atoms with van der Waals surface area (Å²) in [5.74, 6) is 0.886. The Hall–Kier alpha value is -0.550. The monoisotopic (exact) mass is 183 g/mol. The van der Waals surface area contributed by atoms with Crippen molar-refractivity contribution in [3.8, 4) is 6.07 Å². The van der Waals surface area contributed by atoms with Crippen molar-refractivity contribution >= 4 is 0 Å². The number of nitrogens with zero attached hydrogens (tertiary/aromatic N) is 1. The van der Waals surface area contributed by atoms with Crippen molar-refractivity contribution in [3.63, 3.8) is 0 Å². The standard InChI is InChI=1S/C11H21NO/c1-9(2)6-11(7-12,8-13-5)10(3)4/h9-10H,6,8H2,1-5H3. The summed E-state index contributed by atoms with van der Waals surface area (Å²) in [7, 11) is 1.66. The van der Waals surface area contributed by atoms with Gasteiger partial charge >= 0.3 is 0 Å². The number of rotatable bonds is 5. The van der Waals surface area contributed by atoms with Gasteiger partial charge in [0.15, 0.2) is 0 Å². The zero-order chi connectivity index (χ0) is 10.5. The SMILES string of the molecule is COCC(C#N)(CC(C)C)C(C)C. The predicted octanol–water partition coefficient (Wildman–Crippen LogP) is 2.84. The number of nitriles is 1. The zero-order valence-corrected chi connectivity index (χ0v) is 9.42. The average molecular weight is 183 g/mol. The van der Waals surface area contributed by atoms with Crippen molar-refractivity contribution in [2.45, 2.75) is 34.1 Å². The molecule has 0 saturated heterocycles. The molecule has 1 atom stereocenters. The Morgan fingerprint density at radius 2 is 1.85 bits per heavy atom. The largest absolute Gasteiger partial charge is 0.383 e. The molecule has 0 rings (SSSR count). The molecule has 0 aromatic heterocycles. The van der Waals surface area contributed by atoms with Crippen LogP contribution in [0, 0.1) is 28.6 Å². The summed E-state index contributed by atoms with van der Waals surface area (Å²) >= 11 is 0. The van der Waals surface area contributed by atoms with E-state index in [1.165, 1.54) is 0 Å². The summed E-state index contributed by atoms with van der Waals surface area (Å²) in [6.07, 6.45) is 0.912. The van der Waals surface area contributed by atoms with E-state index in [2.05, 4.69) is 33.8 Å². The molecule has 13 heavy (non-hydrogen) atoms. The third-order valence-electron chi connectivity index (χ3n) is 2.50. The van der Waals surface area contributed by atoms with Gasteiger partial charge in [-0.3, -0.25) is 0 Å². The smallest absolute Gasteiger partial charge is 0.0831 e. The van der Waals surface area contributed by atoms with Gasteiger partial charge < -0.3 is 4.74 Å². The second kappa shape index (κ2) is 5.24. The Kier molecular flexibility index (Phi) is 5.02. The van der Waals surface area contributed by atoms with Crippen molar-refractivity contribution in [2.24, 2.45) is 17.3 Å². The van der Waals surface area contributed by atoms with Gasteiger partial charge in [-0.2, -0.15) is 5.26 Å². The van der Waals surface area contributed by atoms with Crippen LogP contribution in [0.15, 0.2) is 0 Å². The van der Waals surface area contributed by atoms with Gasteiger partial charge in [0.1, 0.15) is 0 Å². The number of hydrogen-bond acceptors (Lipinski definition) is 2. The molecule has 0 aliphatic heterocycles. The van der Waals surface area contributed by atoms with E-state index in [0.29, 0.717) is 18.4 Å². The highest BCUT2D eigenvalue weighted by atomic mass is 16.5. The van der Waals surface area contributed by atoms with E-state index in [-0.39, 0.29) is 5.41 Å². The highest BCUT2D eigenvalue weighted by Crippen LogP contribution is 2.34. The second-order valence-corrected chi connectivity index (χ2v) is 4.45. The maximum atomic E-state index is 9.20. The molecule has 0 fully saturated rings. The summed E-state index contributed by atoms with van der Waals surface area (Å²) < 4.78 is 5.14. The summed E-state index contributed by atoms with van der Waals surface area (Å²) in [6, 6.07) is 2.42. The van der Waals surface area contributed by atoms with E-state index >= 15 is 0 Å². The molecule has 0 heterocycles. The first-order valence-corrected chi connectivity index (χ1v) is 4.88. The van der Waals surface area contributed by atoms with Crippen molar-refractivity contribution < 1.29 is 4.74 Å². The van der Waals surface area contributed by atoms with E-state index in [0.717, 1.165) is 6.42 Å². The van der Waals surface area contributed by atoms with E-state index in [1.54, 1.807) is 7.11 Å². The van der Waals surface area contributed by atoms with Crippen molar-refractivity contribution in [2.75, 3.05) is 13.7 Å². The molecule has 2 heteroatoms. The van der Waals surface area contributed by atoms with Crippen LogP contribution in [0.1, 0.15) is 34.1 Å². The van der Waals surface area contributed by atoms with Crippen LogP contribution in [0.2, 0.25) is 0 Å². The van der Waals surface area contributed by atoms with Crippen molar-refractivity contribution in [3.05, 3.63) is 0 Å². The minimum absolute atomic E-state index is 0.303. The Morgan fingerprint density at radius 3 is 2.08 bits per heavy atom. The lowest BCUT2D eigenvalue weighted by atomic mass is 9.73. The summed E-state index contributed by atoms with van der Waals surface area (Å²) in [5.41, 5.74) is -0.303. The van der Waals surface area contributed by atoms with E-state index in [9.17, 15) is 5.26 Å². The fraction of sp³-hybridized carbons (Fsp3) is 0.909. The molecule has 0 aliphatic rings. The molecular formula is C11H21NO. The molecule has 0 aliphatic carbocycles. The summed E-state index contributed by atoms with van der Waals surface area (Å²) in [6.45, 7) is 9.00. The van der Waals surface area contributed by atoms with Gasteiger partial charge in [-0.25, -0.2) is 0 Å². The van der Waals surface area contributed by atoms with Gasteiger partial charge in [-0.15, -0.1) is 0 Å². The minimum atomic E-state index is -0.303. The third kappa shape index (κ3) is 3.36. The van der Waals surface area contributed by atoms with Gasteiger partial charge in [0.05, 0.1) is 18.1 Å². The Balaban J connectivity index is 4.57. The minimum Gasteiger partial charge on any atom is -0.383 e. The Morgan fingerprint density at radius 1 is 1.31 bits per heavy atom. The molecule has 1 unspecified atom stereocenters. The Bertz CT molecular complexity index is 181. The maximum absolute atomic E-state index is 9.20. The predicted molar refractivity (Wildman–Crippen MR) is 54.2 cm³/mol. The van der Waals surface area contributed by atoms with Crippen LogP contribution in [-0.4, -0.2) is 13.7 Å². The fourth-order valence-electron chi connectivity index (χ4n) is 1.65. The normalized spacial score (nSPS) is 15.8. The number of hydrogen-bond donors (Lipinski definition) is 0. The zero-order valence-electron chi connectivity index (χ0n) is 9.42. The van der Waals surface area contributed by atoms with Crippen molar-refractivity contribution in [1.82, 2.24) is 0 Å². The lowest BCUT2D eigenvalue weighted by Gasteiger charge is -2.31. The Labute approximate surface area is 81.9 Å². The molecule has 0 amide bonds. The molecule has 0 bridgehead atoms. The summed E-state index contributed by atoms with van der Waals surface area (Å²) in [4.78, 5) is 0. The first-order chi connectivity index (χ1) is 5.98. The fourth-order valence-corrected chi connectivity index (χ4v) is 1.65. The highest BCUT2D eigenvalue weighted by Gasteiger charge is 2.34. The molecule has 76 valence electrons. The maximum Gasteiger partial charge on any atom is 0.0831 e. The molecule has 0 aromatic rings. The van der Waals surface area contributed by atoms with E-state index in [1.807, 2.05) is 0 Å². The molecule has 0 aromatic carbocycles. The van der Waals surface area contributed by atoms with Gasteiger partial charge in [0, 0.05) is 7.11 Å². The van der Waals surface area contributed by atoms with Crippen LogP contribution < -0.4 is 0 Å². The molecule has 0 spiro atoms. The molecule has 0 radical (unpaired) electrons. The first kappa shape index (κ1) is 12.4. The van der Waals surface area contributed by atoms with Crippen LogP contribution in [0.25, 0.3) is 0 Å². The number of methoxy groups -OCH3 is 1. The topological polar surface area (TPSA) is 33.0 Å². The van der Waals surface area contributed by atoms with Gasteiger partial charge in [-0.05, 0) is 18.3 Å². The van der Waals surface area contributed by atoms with Gasteiger partial charge in [0.25, 0.3) is 0 Å². The van der Waals surface area contributed by atoms with Crippen LogP contribution in [0.5, 0.6) is 0 Å². The van der Waals surface area contributed by atoms with Crippen LogP contribution in [0.4, 0.5) is 0 Å². The van der Waals surface area contributed by atoms with Crippen LogP contribution >= 0.6 is 0 Å². The molecular weight excluding hydrogens is 162 g/mol. The summed E-state index contributed by atoms with van der Waals surface area (Å²) in [5, 5.41) is 9.20. The van der Waals surface area contributed by atoms with E-state index < -0.39 is 0 Å². The first-order valence-electron chi connectivity index (χ1n) is 4.88. The molecule has 0 N–H and O–H groups in total. The highest BCUT2D eigenvalue weighted by molar-refractivity contribution is 5.01. The quantitative estimate of drug-likeness (QED) is 0.656. The third-order valence-corrected chi connectivity index (χ3v) is 2.50.